The normalized spacial score (nSPS) is 15.6. The SMILES string of the molecule is CCCC(C)CC(CSCC(C)C)NC. The van der Waals surface area contributed by atoms with E-state index in [9.17, 15) is 0 Å². The molecule has 0 aliphatic rings. The minimum absolute atomic E-state index is 0.704. The lowest BCUT2D eigenvalue weighted by atomic mass is 9.98. The van der Waals surface area contributed by atoms with Crippen LogP contribution in [0.1, 0.15) is 47.0 Å². The monoisotopic (exact) mass is 231 g/mol. The van der Waals surface area contributed by atoms with Crippen LogP contribution in [0.3, 0.4) is 0 Å². The fourth-order valence-electron chi connectivity index (χ4n) is 1.81. The second kappa shape index (κ2) is 9.53. The molecule has 0 aliphatic carbocycles. The van der Waals surface area contributed by atoms with E-state index >= 15 is 0 Å². The van der Waals surface area contributed by atoms with Gasteiger partial charge in [0.1, 0.15) is 0 Å². The summed E-state index contributed by atoms with van der Waals surface area (Å²) in [5, 5.41) is 3.44. The van der Waals surface area contributed by atoms with Crippen molar-refractivity contribution in [2.24, 2.45) is 11.8 Å². The van der Waals surface area contributed by atoms with Crippen LogP contribution in [0, 0.1) is 11.8 Å². The molecule has 92 valence electrons. The first kappa shape index (κ1) is 15.3. The Morgan fingerprint density at radius 2 is 1.80 bits per heavy atom. The lowest BCUT2D eigenvalue weighted by Gasteiger charge is -2.20. The number of rotatable bonds is 9. The Morgan fingerprint density at radius 1 is 1.13 bits per heavy atom. The van der Waals surface area contributed by atoms with Gasteiger partial charge in [-0.3, -0.25) is 0 Å². The molecule has 15 heavy (non-hydrogen) atoms. The molecule has 0 saturated carbocycles. The molecule has 2 heteroatoms. The lowest BCUT2D eigenvalue weighted by Crippen LogP contribution is -2.30. The van der Waals surface area contributed by atoms with Crippen LogP contribution in [0.2, 0.25) is 0 Å². The molecular formula is C13H29NS. The predicted molar refractivity (Wildman–Crippen MR) is 73.7 cm³/mol. The molecule has 0 radical (unpaired) electrons. The summed E-state index contributed by atoms with van der Waals surface area (Å²) in [6.07, 6.45) is 4.01. The van der Waals surface area contributed by atoms with E-state index in [1.165, 1.54) is 30.8 Å². The molecule has 0 aromatic carbocycles. The highest BCUT2D eigenvalue weighted by Gasteiger charge is 2.11. The lowest BCUT2D eigenvalue weighted by molar-refractivity contribution is 0.420. The molecule has 1 N–H and O–H groups in total. The topological polar surface area (TPSA) is 12.0 Å². The van der Waals surface area contributed by atoms with E-state index in [1.807, 2.05) is 0 Å². The number of hydrogen-bond donors (Lipinski definition) is 1. The zero-order chi connectivity index (χ0) is 11.7. The van der Waals surface area contributed by atoms with Gasteiger partial charge in [-0.15, -0.1) is 0 Å². The van der Waals surface area contributed by atoms with Crippen molar-refractivity contribution in [3.05, 3.63) is 0 Å². The molecule has 0 aliphatic heterocycles. The van der Waals surface area contributed by atoms with Gasteiger partial charge in [-0.1, -0.05) is 40.5 Å². The van der Waals surface area contributed by atoms with Crippen molar-refractivity contribution in [2.75, 3.05) is 18.6 Å². The standard InChI is InChI=1S/C13H29NS/c1-6-7-12(4)8-13(14-5)10-15-9-11(2)3/h11-14H,6-10H2,1-5H3. The molecule has 0 saturated heterocycles. The Balaban J connectivity index is 3.62. The molecule has 0 amide bonds. The summed E-state index contributed by atoms with van der Waals surface area (Å²) in [5.74, 6) is 4.25. The summed E-state index contributed by atoms with van der Waals surface area (Å²) in [5.41, 5.74) is 0. The second-order valence-electron chi connectivity index (χ2n) is 5.05. The minimum Gasteiger partial charge on any atom is -0.316 e. The van der Waals surface area contributed by atoms with Crippen LogP contribution < -0.4 is 5.32 Å². The highest BCUT2D eigenvalue weighted by Crippen LogP contribution is 2.16. The highest BCUT2D eigenvalue weighted by atomic mass is 32.2. The predicted octanol–water partition coefficient (Wildman–Crippen LogP) is 3.79. The van der Waals surface area contributed by atoms with Crippen molar-refractivity contribution in [2.45, 2.75) is 53.0 Å². The summed E-state index contributed by atoms with van der Waals surface area (Å²) in [6.45, 7) is 9.24. The van der Waals surface area contributed by atoms with Crippen molar-refractivity contribution in [3.63, 3.8) is 0 Å². The van der Waals surface area contributed by atoms with E-state index in [4.69, 9.17) is 0 Å². The summed E-state index contributed by atoms with van der Waals surface area (Å²) >= 11 is 2.09. The molecule has 0 aromatic heterocycles. The van der Waals surface area contributed by atoms with E-state index in [2.05, 4.69) is 51.8 Å². The van der Waals surface area contributed by atoms with Gasteiger partial charge in [0.25, 0.3) is 0 Å². The van der Waals surface area contributed by atoms with E-state index in [-0.39, 0.29) is 0 Å². The molecule has 0 aromatic rings. The van der Waals surface area contributed by atoms with Gasteiger partial charge in [0.05, 0.1) is 0 Å². The first-order chi connectivity index (χ1) is 7.10. The Hall–Kier alpha value is 0.310. The fourth-order valence-corrected chi connectivity index (χ4v) is 3.01. The molecular weight excluding hydrogens is 202 g/mol. The van der Waals surface area contributed by atoms with Gasteiger partial charge in [0, 0.05) is 11.8 Å². The maximum Gasteiger partial charge on any atom is 0.0157 e. The van der Waals surface area contributed by atoms with Crippen LogP contribution in [0.25, 0.3) is 0 Å². The second-order valence-corrected chi connectivity index (χ2v) is 6.12. The van der Waals surface area contributed by atoms with Gasteiger partial charge in [-0.2, -0.15) is 11.8 Å². The van der Waals surface area contributed by atoms with Crippen LogP contribution in [0.5, 0.6) is 0 Å². The molecule has 0 rings (SSSR count). The number of hydrogen-bond acceptors (Lipinski definition) is 2. The zero-order valence-electron chi connectivity index (χ0n) is 11.2. The van der Waals surface area contributed by atoms with Crippen LogP contribution in [0.15, 0.2) is 0 Å². The summed E-state index contributed by atoms with van der Waals surface area (Å²) in [7, 11) is 2.10. The van der Waals surface area contributed by atoms with Gasteiger partial charge in [-0.05, 0) is 31.1 Å². The molecule has 0 heterocycles. The van der Waals surface area contributed by atoms with E-state index in [1.54, 1.807) is 0 Å². The Morgan fingerprint density at radius 3 is 2.27 bits per heavy atom. The van der Waals surface area contributed by atoms with Gasteiger partial charge < -0.3 is 5.32 Å². The molecule has 2 unspecified atom stereocenters. The molecule has 0 fully saturated rings. The molecule has 1 nitrogen and oxygen atoms in total. The number of thioether (sulfide) groups is 1. The maximum absolute atomic E-state index is 3.44. The van der Waals surface area contributed by atoms with Crippen molar-refractivity contribution < 1.29 is 0 Å². The average molecular weight is 231 g/mol. The third-order valence-corrected chi connectivity index (χ3v) is 4.19. The van der Waals surface area contributed by atoms with Crippen molar-refractivity contribution in [3.8, 4) is 0 Å². The van der Waals surface area contributed by atoms with Crippen molar-refractivity contribution in [1.82, 2.24) is 5.32 Å². The minimum atomic E-state index is 0.704. The van der Waals surface area contributed by atoms with Crippen molar-refractivity contribution >= 4 is 11.8 Å². The van der Waals surface area contributed by atoms with Crippen molar-refractivity contribution in [1.29, 1.82) is 0 Å². The number of nitrogens with one attached hydrogen (secondary N) is 1. The smallest absolute Gasteiger partial charge is 0.0157 e. The fraction of sp³-hybridized carbons (Fsp3) is 1.00. The van der Waals surface area contributed by atoms with Crippen LogP contribution >= 0.6 is 11.8 Å². The van der Waals surface area contributed by atoms with E-state index in [0.29, 0.717) is 6.04 Å². The van der Waals surface area contributed by atoms with Crippen LogP contribution in [0.4, 0.5) is 0 Å². The summed E-state index contributed by atoms with van der Waals surface area (Å²) < 4.78 is 0. The van der Waals surface area contributed by atoms with Crippen LogP contribution in [-0.2, 0) is 0 Å². The van der Waals surface area contributed by atoms with Gasteiger partial charge >= 0.3 is 0 Å². The summed E-state index contributed by atoms with van der Waals surface area (Å²) in [4.78, 5) is 0. The van der Waals surface area contributed by atoms with Gasteiger partial charge in [-0.25, -0.2) is 0 Å². The van der Waals surface area contributed by atoms with Crippen LogP contribution in [-0.4, -0.2) is 24.6 Å². The molecule has 2 atom stereocenters. The highest BCUT2D eigenvalue weighted by molar-refractivity contribution is 7.99. The maximum atomic E-state index is 3.44. The molecule has 0 bridgehead atoms. The first-order valence-corrected chi connectivity index (χ1v) is 7.50. The van der Waals surface area contributed by atoms with Gasteiger partial charge in [0.2, 0.25) is 0 Å². The Kier molecular flexibility index (Phi) is 9.73. The van der Waals surface area contributed by atoms with E-state index < -0.39 is 0 Å². The first-order valence-electron chi connectivity index (χ1n) is 6.35. The zero-order valence-corrected chi connectivity index (χ0v) is 12.0. The average Bonchev–Trinajstić information content (AvgIpc) is 2.16. The quantitative estimate of drug-likeness (QED) is 0.648. The molecule has 0 spiro atoms. The Bertz CT molecular complexity index is 136. The van der Waals surface area contributed by atoms with Gasteiger partial charge in [0.15, 0.2) is 0 Å². The third kappa shape index (κ3) is 9.25. The Labute approximate surface area is 101 Å². The largest absolute Gasteiger partial charge is 0.316 e. The summed E-state index contributed by atoms with van der Waals surface area (Å²) in [6, 6.07) is 0.704. The third-order valence-electron chi connectivity index (χ3n) is 2.65. The van der Waals surface area contributed by atoms with E-state index in [0.717, 1.165) is 11.8 Å².